The maximum Gasteiger partial charge on any atom is 0.332 e. The van der Waals surface area contributed by atoms with E-state index in [1.54, 1.807) is 36.5 Å². The molecule has 0 saturated carbocycles. The van der Waals surface area contributed by atoms with Crippen LogP contribution in [0, 0.1) is 0 Å². The quantitative estimate of drug-likeness (QED) is 0.647. The van der Waals surface area contributed by atoms with Crippen LogP contribution in [0.25, 0.3) is 0 Å². The smallest absolute Gasteiger partial charge is 0.332 e. The third-order valence-electron chi connectivity index (χ3n) is 4.10. The molecule has 0 aromatic rings. The van der Waals surface area contributed by atoms with Gasteiger partial charge in [-0.05, 0) is 36.8 Å². The van der Waals surface area contributed by atoms with Gasteiger partial charge in [-0.3, -0.25) is 0 Å². The van der Waals surface area contributed by atoms with Gasteiger partial charge in [0.15, 0.2) is 0 Å². The zero-order valence-corrected chi connectivity index (χ0v) is 14.0. The summed E-state index contributed by atoms with van der Waals surface area (Å²) in [7, 11) is 1.99. The average Bonchev–Trinajstić information content (AvgIpc) is 2.72. The van der Waals surface area contributed by atoms with Crippen molar-refractivity contribution in [2.45, 2.75) is 58.9 Å². The van der Waals surface area contributed by atoms with E-state index in [0.29, 0.717) is 5.54 Å². The molecule has 18 heavy (non-hydrogen) atoms. The number of rotatable bonds is 7. The zero-order chi connectivity index (χ0) is 13.7. The fourth-order valence-corrected chi connectivity index (χ4v) is 5.69. The van der Waals surface area contributed by atoms with Gasteiger partial charge in [-0.2, -0.15) is 0 Å². The SMILES string of the molecule is CCC1=C(CC)C([SiH](OC)OC)C(CC)=C1CC. The summed E-state index contributed by atoms with van der Waals surface area (Å²) in [5.74, 6) is 0. The van der Waals surface area contributed by atoms with E-state index < -0.39 is 9.28 Å². The van der Waals surface area contributed by atoms with Crippen molar-refractivity contribution in [3.63, 3.8) is 0 Å². The van der Waals surface area contributed by atoms with E-state index in [4.69, 9.17) is 8.85 Å². The Bertz CT molecular complexity index is 312. The minimum absolute atomic E-state index is 0.472. The third kappa shape index (κ3) is 2.63. The molecule has 104 valence electrons. The molecule has 0 radical (unpaired) electrons. The second kappa shape index (κ2) is 7.27. The summed E-state index contributed by atoms with van der Waals surface area (Å²) in [6, 6.07) is 0. The van der Waals surface area contributed by atoms with Gasteiger partial charge in [-0.25, -0.2) is 0 Å². The second-order valence-electron chi connectivity index (χ2n) is 4.74. The predicted octanol–water partition coefficient (Wildman–Crippen LogP) is 4.12. The lowest BCUT2D eigenvalue weighted by atomic mass is 9.99. The molecule has 1 aliphatic carbocycles. The highest BCUT2D eigenvalue weighted by molar-refractivity contribution is 6.48. The molecule has 1 aliphatic rings. The van der Waals surface area contributed by atoms with E-state index in [9.17, 15) is 0 Å². The molecule has 0 saturated heterocycles. The van der Waals surface area contributed by atoms with E-state index in [0.717, 1.165) is 25.7 Å². The van der Waals surface area contributed by atoms with Crippen molar-refractivity contribution < 1.29 is 8.85 Å². The Morgan fingerprint density at radius 1 is 0.778 bits per heavy atom. The van der Waals surface area contributed by atoms with E-state index in [1.807, 2.05) is 0 Å². The number of allylic oxidation sites excluding steroid dienone is 4. The second-order valence-corrected chi connectivity index (χ2v) is 7.09. The molecule has 0 unspecified atom stereocenters. The largest absolute Gasteiger partial charge is 0.399 e. The van der Waals surface area contributed by atoms with Crippen molar-refractivity contribution in [2.24, 2.45) is 0 Å². The Hall–Kier alpha value is -0.383. The van der Waals surface area contributed by atoms with Gasteiger partial charge in [-0.15, -0.1) is 0 Å². The topological polar surface area (TPSA) is 18.5 Å². The molecule has 0 bridgehead atoms. The van der Waals surface area contributed by atoms with Crippen molar-refractivity contribution in [3.05, 3.63) is 22.3 Å². The first-order chi connectivity index (χ1) is 8.69. The van der Waals surface area contributed by atoms with Crippen LogP contribution in [-0.2, 0) is 8.85 Å². The fourth-order valence-electron chi connectivity index (χ4n) is 3.42. The van der Waals surface area contributed by atoms with Gasteiger partial charge in [0.1, 0.15) is 0 Å². The lowest BCUT2D eigenvalue weighted by molar-refractivity contribution is 0.272. The lowest BCUT2D eigenvalue weighted by Gasteiger charge is -2.24. The van der Waals surface area contributed by atoms with Gasteiger partial charge in [-0.1, -0.05) is 38.8 Å². The van der Waals surface area contributed by atoms with E-state index in [1.165, 1.54) is 0 Å². The molecule has 0 amide bonds. The Morgan fingerprint density at radius 2 is 1.17 bits per heavy atom. The van der Waals surface area contributed by atoms with Crippen LogP contribution in [-0.4, -0.2) is 23.5 Å². The molecule has 0 spiro atoms. The zero-order valence-electron chi connectivity index (χ0n) is 12.8. The summed E-state index contributed by atoms with van der Waals surface area (Å²) in [6.07, 6.45) is 4.52. The van der Waals surface area contributed by atoms with Crippen molar-refractivity contribution >= 4 is 9.28 Å². The van der Waals surface area contributed by atoms with Crippen LogP contribution < -0.4 is 0 Å². The first kappa shape index (κ1) is 15.7. The van der Waals surface area contributed by atoms with Gasteiger partial charge in [0.05, 0.1) is 0 Å². The molecule has 0 atom stereocenters. The molecular formula is C15H28O2Si. The molecule has 0 aliphatic heterocycles. The van der Waals surface area contributed by atoms with Crippen LogP contribution in [0.1, 0.15) is 53.4 Å². The fraction of sp³-hybridized carbons (Fsp3) is 0.733. The Morgan fingerprint density at radius 3 is 1.39 bits per heavy atom. The van der Waals surface area contributed by atoms with Crippen molar-refractivity contribution in [3.8, 4) is 0 Å². The molecule has 3 heteroatoms. The van der Waals surface area contributed by atoms with E-state index in [-0.39, 0.29) is 0 Å². The standard InChI is InChI=1S/C15H28O2Si/c1-7-11-12(8-2)14(10-4)15(13(11)9-3)18(16-5)17-6/h15,18H,7-10H2,1-6H3. The summed E-state index contributed by atoms with van der Waals surface area (Å²) in [5.41, 5.74) is 6.83. The summed E-state index contributed by atoms with van der Waals surface area (Å²) in [6.45, 7) is 9.07. The van der Waals surface area contributed by atoms with Crippen LogP contribution in [0.15, 0.2) is 22.3 Å². The van der Waals surface area contributed by atoms with Gasteiger partial charge in [0.25, 0.3) is 0 Å². The first-order valence-electron chi connectivity index (χ1n) is 7.19. The monoisotopic (exact) mass is 268 g/mol. The molecule has 0 fully saturated rings. The molecular weight excluding hydrogens is 240 g/mol. The Labute approximate surface area is 114 Å². The van der Waals surface area contributed by atoms with E-state index in [2.05, 4.69) is 27.7 Å². The van der Waals surface area contributed by atoms with Crippen LogP contribution >= 0.6 is 0 Å². The molecule has 0 heterocycles. The molecule has 2 nitrogen and oxygen atoms in total. The number of hydrogen-bond acceptors (Lipinski definition) is 2. The summed E-state index contributed by atoms with van der Waals surface area (Å²) in [5, 5.41) is 0. The maximum atomic E-state index is 5.68. The van der Waals surface area contributed by atoms with Crippen molar-refractivity contribution in [1.82, 2.24) is 0 Å². The van der Waals surface area contributed by atoms with Crippen molar-refractivity contribution in [1.29, 1.82) is 0 Å². The highest BCUT2D eigenvalue weighted by atomic mass is 28.3. The van der Waals surface area contributed by atoms with Crippen LogP contribution in [0.2, 0.25) is 5.54 Å². The molecule has 0 aromatic carbocycles. The maximum absolute atomic E-state index is 5.68. The lowest BCUT2D eigenvalue weighted by Crippen LogP contribution is -2.28. The summed E-state index contributed by atoms with van der Waals surface area (Å²) >= 11 is 0. The molecule has 0 aromatic heterocycles. The van der Waals surface area contributed by atoms with Gasteiger partial charge in [0.2, 0.25) is 0 Å². The predicted molar refractivity (Wildman–Crippen MR) is 80.1 cm³/mol. The summed E-state index contributed by atoms with van der Waals surface area (Å²) < 4.78 is 11.4. The Kier molecular flexibility index (Phi) is 6.33. The van der Waals surface area contributed by atoms with Gasteiger partial charge in [0, 0.05) is 19.8 Å². The van der Waals surface area contributed by atoms with Gasteiger partial charge < -0.3 is 8.85 Å². The minimum Gasteiger partial charge on any atom is -0.399 e. The van der Waals surface area contributed by atoms with Gasteiger partial charge >= 0.3 is 9.28 Å². The third-order valence-corrected chi connectivity index (χ3v) is 6.37. The summed E-state index contributed by atoms with van der Waals surface area (Å²) in [4.78, 5) is 0. The first-order valence-corrected chi connectivity index (χ1v) is 8.80. The van der Waals surface area contributed by atoms with E-state index >= 15 is 0 Å². The molecule has 0 N–H and O–H groups in total. The van der Waals surface area contributed by atoms with Crippen LogP contribution in [0.5, 0.6) is 0 Å². The highest BCUT2D eigenvalue weighted by Crippen LogP contribution is 2.48. The minimum atomic E-state index is -1.62. The number of hydrogen-bond donors (Lipinski definition) is 0. The van der Waals surface area contributed by atoms with Crippen LogP contribution in [0.4, 0.5) is 0 Å². The highest BCUT2D eigenvalue weighted by Gasteiger charge is 2.37. The van der Waals surface area contributed by atoms with Crippen LogP contribution in [0.3, 0.4) is 0 Å². The average molecular weight is 268 g/mol. The normalized spacial score (nSPS) is 17.5. The van der Waals surface area contributed by atoms with Crippen molar-refractivity contribution in [2.75, 3.05) is 14.2 Å². The molecule has 1 rings (SSSR count). The Balaban J connectivity index is 3.27.